The van der Waals surface area contributed by atoms with E-state index in [0.29, 0.717) is 12.8 Å². The molecule has 0 bridgehead atoms. The second-order valence-corrected chi connectivity index (χ2v) is 10.9. The van der Waals surface area contributed by atoms with Gasteiger partial charge >= 0.3 is 0 Å². The van der Waals surface area contributed by atoms with Crippen molar-refractivity contribution in [2.45, 2.75) is 50.6 Å². The van der Waals surface area contributed by atoms with E-state index in [2.05, 4.69) is 31.8 Å². The normalized spacial score (nSPS) is 24.3. The van der Waals surface area contributed by atoms with Crippen molar-refractivity contribution in [1.82, 2.24) is 0 Å². The predicted molar refractivity (Wildman–Crippen MR) is 82.3 cm³/mol. The third kappa shape index (κ3) is 3.19. The Morgan fingerprint density at radius 2 is 1.90 bits per heavy atom. The number of ketones is 1. The van der Waals surface area contributed by atoms with Gasteiger partial charge in [0.1, 0.15) is 5.60 Å². The molecule has 0 radical (unpaired) electrons. The first-order valence-corrected chi connectivity index (χ1v) is 10.6. The molecule has 2 atom stereocenters. The molecule has 2 rings (SSSR count). The smallest absolute Gasteiger partial charge is 0.185 e. The number of rotatable bonds is 6. The number of carbonyl (C=O) groups is 1. The second-order valence-electron chi connectivity index (χ2n) is 6.44. The van der Waals surface area contributed by atoms with Crippen molar-refractivity contribution in [3.63, 3.8) is 0 Å². The minimum absolute atomic E-state index is 0.196. The third-order valence-electron chi connectivity index (χ3n) is 3.75. The molecule has 3 nitrogen and oxygen atoms in total. The summed E-state index contributed by atoms with van der Waals surface area (Å²) in [4.78, 5) is 12.2. The Morgan fingerprint density at radius 3 is 2.30 bits per heavy atom. The summed E-state index contributed by atoms with van der Waals surface area (Å²) in [6, 6.07) is 10.1. The fraction of sp³-hybridized carbons (Fsp3) is 0.562. The summed E-state index contributed by atoms with van der Waals surface area (Å²) in [5, 5.41) is 0. The molecule has 0 aromatic heterocycles. The van der Waals surface area contributed by atoms with Crippen LogP contribution in [0.1, 0.15) is 18.4 Å². The van der Waals surface area contributed by atoms with Gasteiger partial charge in [-0.05, 0) is 31.6 Å². The topological polar surface area (TPSA) is 35.5 Å². The number of hydrogen-bond acceptors (Lipinski definition) is 3. The average Bonchev–Trinajstić information content (AvgIpc) is 2.41. The summed E-state index contributed by atoms with van der Waals surface area (Å²) in [6.07, 6.45) is 1.91. The highest BCUT2D eigenvalue weighted by molar-refractivity contribution is 6.70. The van der Waals surface area contributed by atoms with E-state index in [4.69, 9.17) is 9.16 Å². The van der Waals surface area contributed by atoms with Crippen LogP contribution in [0.15, 0.2) is 30.3 Å². The Labute approximate surface area is 122 Å². The molecule has 20 heavy (non-hydrogen) atoms. The Balaban J connectivity index is 2.20. The van der Waals surface area contributed by atoms with Gasteiger partial charge in [0.15, 0.2) is 14.1 Å². The van der Waals surface area contributed by atoms with Crippen LogP contribution in [0.25, 0.3) is 0 Å². The number of Topliss-reactive ketones (excluding diaryl/α,β-unsaturated/α-hetero) is 1. The van der Waals surface area contributed by atoms with E-state index in [1.54, 1.807) is 7.11 Å². The van der Waals surface area contributed by atoms with E-state index in [1.165, 1.54) is 5.56 Å². The van der Waals surface area contributed by atoms with E-state index < -0.39 is 13.9 Å². The summed E-state index contributed by atoms with van der Waals surface area (Å²) in [7, 11) is -0.126. The van der Waals surface area contributed by atoms with Crippen LogP contribution in [-0.4, -0.2) is 32.9 Å². The zero-order valence-corrected chi connectivity index (χ0v) is 13.8. The van der Waals surface area contributed by atoms with Gasteiger partial charge in [0, 0.05) is 20.0 Å². The summed E-state index contributed by atoms with van der Waals surface area (Å²) in [6.45, 7) is 6.36. The Morgan fingerprint density at radius 1 is 1.25 bits per heavy atom. The lowest BCUT2D eigenvalue weighted by atomic mass is 9.73. The molecule has 0 saturated heterocycles. The molecule has 1 aromatic rings. The van der Waals surface area contributed by atoms with Gasteiger partial charge in [0.25, 0.3) is 0 Å². The average molecular weight is 292 g/mol. The van der Waals surface area contributed by atoms with Gasteiger partial charge in [-0.2, -0.15) is 0 Å². The molecule has 0 spiro atoms. The first kappa shape index (κ1) is 15.4. The van der Waals surface area contributed by atoms with Gasteiger partial charge in [-0.15, -0.1) is 0 Å². The number of benzene rings is 1. The van der Waals surface area contributed by atoms with Crippen LogP contribution >= 0.6 is 0 Å². The number of methoxy groups -OCH3 is 1. The van der Waals surface area contributed by atoms with E-state index in [-0.39, 0.29) is 11.9 Å². The zero-order chi connectivity index (χ0) is 14.8. The highest BCUT2D eigenvalue weighted by atomic mass is 28.4. The van der Waals surface area contributed by atoms with Crippen LogP contribution in [0.5, 0.6) is 0 Å². The Hall–Kier alpha value is -0.973. The van der Waals surface area contributed by atoms with Gasteiger partial charge in [0.05, 0.1) is 6.10 Å². The van der Waals surface area contributed by atoms with Crippen LogP contribution < -0.4 is 0 Å². The fourth-order valence-corrected chi connectivity index (χ4v) is 4.24. The highest BCUT2D eigenvalue weighted by Gasteiger charge is 2.55. The van der Waals surface area contributed by atoms with Crippen LogP contribution in [-0.2, 0) is 20.4 Å². The molecule has 1 fully saturated rings. The molecule has 0 amide bonds. The Kier molecular flexibility index (Phi) is 4.47. The summed E-state index contributed by atoms with van der Waals surface area (Å²) in [5.41, 5.74) is 0.465. The first-order chi connectivity index (χ1) is 9.37. The minimum Gasteiger partial charge on any atom is -0.403 e. The maximum atomic E-state index is 12.2. The van der Waals surface area contributed by atoms with Crippen molar-refractivity contribution in [3.8, 4) is 0 Å². The van der Waals surface area contributed by atoms with Crippen LogP contribution in [0.4, 0.5) is 0 Å². The van der Waals surface area contributed by atoms with Gasteiger partial charge in [-0.25, -0.2) is 0 Å². The molecule has 2 unspecified atom stereocenters. The lowest BCUT2D eigenvalue weighted by molar-refractivity contribution is -0.166. The maximum Gasteiger partial charge on any atom is 0.185 e. The second kappa shape index (κ2) is 5.80. The number of carbonyl (C=O) groups excluding carboxylic acids is 1. The largest absolute Gasteiger partial charge is 0.403 e. The predicted octanol–water partition coefficient (Wildman–Crippen LogP) is 3.20. The lowest BCUT2D eigenvalue weighted by Crippen LogP contribution is -2.63. The number of ether oxygens (including phenoxy) is 1. The van der Waals surface area contributed by atoms with E-state index in [0.717, 1.165) is 6.42 Å². The third-order valence-corrected chi connectivity index (χ3v) is 4.73. The van der Waals surface area contributed by atoms with Crippen LogP contribution in [0, 0.1) is 0 Å². The van der Waals surface area contributed by atoms with Crippen molar-refractivity contribution >= 4 is 14.1 Å². The molecule has 0 N–H and O–H groups in total. The van der Waals surface area contributed by atoms with Crippen LogP contribution in [0.2, 0.25) is 19.6 Å². The molecular formula is C16H24O3Si. The van der Waals surface area contributed by atoms with Gasteiger partial charge in [-0.3, -0.25) is 4.79 Å². The highest BCUT2D eigenvalue weighted by Crippen LogP contribution is 2.40. The monoisotopic (exact) mass is 292 g/mol. The molecule has 1 aliphatic carbocycles. The summed E-state index contributed by atoms with van der Waals surface area (Å²) < 4.78 is 11.9. The Bertz CT molecular complexity index is 466. The molecule has 1 aliphatic rings. The first-order valence-electron chi connectivity index (χ1n) is 7.17. The van der Waals surface area contributed by atoms with Gasteiger partial charge in [0.2, 0.25) is 0 Å². The molecule has 1 saturated carbocycles. The molecule has 4 heteroatoms. The van der Waals surface area contributed by atoms with Crippen molar-refractivity contribution in [2.75, 3.05) is 7.11 Å². The van der Waals surface area contributed by atoms with E-state index in [9.17, 15) is 4.79 Å². The fourth-order valence-electron chi connectivity index (χ4n) is 2.80. The maximum absolute atomic E-state index is 12.2. The molecule has 0 aliphatic heterocycles. The van der Waals surface area contributed by atoms with Gasteiger partial charge in [-0.1, -0.05) is 30.3 Å². The van der Waals surface area contributed by atoms with Gasteiger partial charge < -0.3 is 9.16 Å². The molecule has 110 valence electrons. The zero-order valence-electron chi connectivity index (χ0n) is 12.8. The van der Waals surface area contributed by atoms with E-state index >= 15 is 0 Å². The van der Waals surface area contributed by atoms with Crippen molar-refractivity contribution in [2.24, 2.45) is 0 Å². The quantitative estimate of drug-likeness (QED) is 0.755. The van der Waals surface area contributed by atoms with E-state index in [1.807, 2.05) is 18.2 Å². The molecular weight excluding hydrogens is 268 g/mol. The van der Waals surface area contributed by atoms with Crippen LogP contribution in [0.3, 0.4) is 0 Å². The minimum atomic E-state index is -1.80. The summed E-state index contributed by atoms with van der Waals surface area (Å²) >= 11 is 0. The van der Waals surface area contributed by atoms with Crippen molar-refractivity contribution < 1.29 is 14.0 Å². The molecule has 0 heterocycles. The van der Waals surface area contributed by atoms with Crippen molar-refractivity contribution in [3.05, 3.63) is 35.9 Å². The standard InChI is InChI=1S/C16H24O3Si/c1-18-15(12-13-8-6-5-7-9-13)16(11-10-14(16)17)19-20(2,3)4/h5-9,15H,10-12H2,1-4H3. The van der Waals surface area contributed by atoms with Crippen molar-refractivity contribution in [1.29, 1.82) is 0 Å². The number of hydrogen-bond donors (Lipinski definition) is 0. The molecule has 1 aromatic carbocycles. The summed E-state index contributed by atoms with van der Waals surface area (Å²) in [5.74, 6) is 0.197. The SMILES string of the molecule is COC(Cc1ccccc1)C1(O[Si](C)(C)C)CCC1=O. The lowest BCUT2D eigenvalue weighted by Gasteiger charge is -2.48.